The number of rotatable bonds is 8. The molecule has 3 aliphatic rings. The van der Waals surface area contributed by atoms with E-state index in [1.807, 2.05) is 18.2 Å². The van der Waals surface area contributed by atoms with Gasteiger partial charge in [0.05, 0.1) is 6.67 Å². The summed E-state index contributed by atoms with van der Waals surface area (Å²) < 4.78 is 0. The van der Waals surface area contributed by atoms with Crippen molar-refractivity contribution in [3.05, 3.63) is 233 Å². The molecule has 0 radical (unpaired) electrons. The molecule has 0 aromatic heterocycles. The van der Waals surface area contributed by atoms with Crippen LogP contribution in [0.2, 0.25) is 0 Å². The van der Waals surface area contributed by atoms with Crippen molar-refractivity contribution >= 4 is 39.4 Å². The average molecular weight is 814 g/mol. The molecule has 2 aliphatic heterocycles. The van der Waals surface area contributed by atoms with E-state index >= 15 is 0 Å². The molecule has 9 rings (SSSR count). The van der Waals surface area contributed by atoms with Gasteiger partial charge in [0, 0.05) is 46.9 Å². The molecule has 314 valence electrons. The number of para-hydroxylation sites is 1. The Labute approximate surface area is 371 Å². The van der Waals surface area contributed by atoms with Crippen LogP contribution in [0.3, 0.4) is 0 Å². The minimum Gasteiger partial charge on any atom is -0.367 e. The molecule has 0 spiro atoms. The zero-order chi connectivity index (χ0) is 44.0. The van der Waals surface area contributed by atoms with Gasteiger partial charge in [0.1, 0.15) is 0 Å². The highest BCUT2D eigenvalue weighted by Gasteiger charge is 2.23. The quantitative estimate of drug-likeness (QED) is 0.150. The number of aryl methyl sites for hydroxylation is 2. The molecule has 62 heavy (non-hydrogen) atoms. The smallest absolute Gasteiger partial charge is 0.0873 e. The van der Waals surface area contributed by atoms with E-state index in [1.165, 1.54) is 61.7 Å². The van der Waals surface area contributed by atoms with E-state index in [9.17, 15) is 0 Å². The number of allylic oxidation sites excluding steroid dienone is 8. The largest absolute Gasteiger partial charge is 0.367 e. The predicted octanol–water partition coefficient (Wildman–Crippen LogP) is 15.7. The molecule has 0 amide bonds. The van der Waals surface area contributed by atoms with Gasteiger partial charge >= 0.3 is 0 Å². The Morgan fingerprint density at radius 3 is 2.05 bits per heavy atom. The average Bonchev–Trinajstić information content (AvgIpc) is 3.29. The summed E-state index contributed by atoms with van der Waals surface area (Å²) in [5.41, 5.74) is 17.2. The number of hydrogen-bond acceptors (Lipinski definition) is 3. The maximum atomic E-state index is 4.63. The maximum absolute atomic E-state index is 4.63. The molecule has 2 heterocycles. The van der Waals surface area contributed by atoms with Gasteiger partial charge in [-0.15, -0.1) is 0 Å². The molecule has 1 unspecified atom stereocenters. The van der Waals surface area contributed by atoms with Crippen LogP contribution in [0.15, 0.2) is 200 Å². The standard InChI is InChI=1S/C49H47N3.C7H8.C3H8/c1-7-14-39-15-10-11-19-45(39)40-23-21-38(22-24-40)36(5)52(6)32-50-48-30-34(3)44-18-12-13-20-47(44)51-43-27-25-37(26-28-43)35(4)49(48)46-31-42-17-9-8-16-41(42)29-33(46)2;1-7-5-3-2-4-6-7;1-3-2/h7-25,27-31,37,50-51H,3,5,26,32H2,1-2,4,6H3;2-6H,1H3;3H2,1-2H3/b14-7-,48-30+,49-35+;;. The highest BCUT2D eigenvalue weighted by Crippen LogP contribution is 2.39. The predicted molar refractivity (Wildman–Crippen MR) is 272 cm³/mol. The van der Waals surface area contributed by atoms with Crippen molar-refractivity contribution in [3.8, 4) is 11.1 Å². The molecule has 0 fully saturated rings. The molecule has 1 aliphatic carbocycles. The fraction of sp³-hybridized carbons (Fsp3) is 0.186. The van der Waals surface area contributed by atoms with E-state index in [2.05, 4.69) is 235 Å². The third-order valence-corrected chi connectivity index (χ3v) is 11.3. The van der Waals surface area contributed by atoms with Crippen molar-refractivity contribution < 1.29 is 0 Å². The summed E-state index contributed by atoms with van der Waals surface area (Å²) in [5.74, 6) is 0.253. The Morgan fingerprint density at radius 2 is 1.40 bits per heavy atom. The molecule has 2 bridgehead atoms. The van der Waals surface area contributed by atoms with E-state index in [-0.39, 0.29) is 5.92 Å². The molecule has 0 saturated heterocycles. The van der Waals surface area contributed by atoms with E-state index in [0.717, 1.165) is 45.9 Å². The van der Waals surface area contributed by atoms with E-state index in [1.54, 1.807) is 0 Å². The maximum Gasteiger partial charge on any atom is 0.0873 e. The Balaban J connectivity index is 0.000000571. The number of anilines is 1. The first-order valence-electron chi connectivity index (χ1n) is 22.0. The van der Waals surface area contributed by atoms with Crippen LogP contribution >= 0.6 is 0 Å². The van der Waals surface area contributed by atoms with Crippen molar-refractivity contribution in [1.29, 1.82) is 0 Å². The minimum atomic E-state index is 0.253. The molecule has 6 aromatic rings. The lowest BCUT2D eigenvalue weighted by molar-refractivity contribution is 0.455. The summed E-state index contributed by atoms with van der Waals surface area (Å²) in [6.07, 6.45) is 15.5. The van der Waals surface area contributed by atoms with Crippen LogP contribution in [-0.4, -0.2) is 18.6 Å². The Morgan fingerprint density at radius 1 is 0.774 bits per heavy atom. The van der Waals surface area contributed by atoms with Crippen molar-refractivity contribution in [2.45, 2.75) is 54.4 Å². The summed E-state index contributed by atoms with van der Waals surface area (Å²) >= 11 is 0. The van der Waals surface area contributed by atoms with Gasteiger partial charge in [0.15, 0.2) is 0 Å². The van der Waals surface area contributed by atoms with Crippen molar-refractivity contribution in [2.75, 3.05) is 19.0 Å². The lowest BCUT2D eigenvalue weighted by Crippen LogP contribution is -2.30. The Kier molecular flexibility index (Phi) is 15.6. The molecular formula is C59H63N3. The fourth-order valence-corrected chi connectivity index (χ4v) is 7.89. The van der Waals surface area contributed by atoms with Gasteiger partial charge in [-0.05, 0) is 108 Å². The number of fused-ring (bicyclic) bond motifs is 4. The fourth-order valence-electron chi connectivity index (χ4n) is 7.89. The lowest BCUT2D eigenvalue weighted by Gasteiger charge is -2.29. The molecule has 6 aromatic carbocycles. The lowest BCUT2D eigenvalue weighted by atomic mass is 9.83. The first kappa shape index (κ1) is 44.7. The molecule has 3 nitrogen and oxygen atoms in total. The third kappa shape index (κ3) is 11.1. The van der Waals surface area contributed by atoms with E-state index < -0.39 is 0 Å². The number of hydrogen-bond donors (Lipinski definition) is 2. The molecule has 0 saturated carbocycles. The zero-order valence-electron chi connectivity index (χ0n) is 37.8. The van der Waals surface area contributed by atoms with Gasteiger partial charge in [-0.3, -0.25) is 0 Å². The van der Waals surface area contributed by atoms with Crippen LogP contribution in [-0.2, 0) is 0 Å². The highest BCUT2D eigenvalue weighted by atomic mass is 15.2. The second-order valence-corrected chi connectivity index (χ2v) is 16.2. The van der Waals surface area contributed by atoms with Crippen molar-refractivity contribution in [2.24, 2.45) is 5.92 Å². The van der Waals surface area contributed by atoms with Gasteiger partial charge < -0.3 is 15.5 Å². The topological polar surface area (TPSA) is 27.3 Å². The Hall–Kier alpha value is -6.84. The van der Waals surface area contributed by atoms with Gasteiger partial charge in [0.2, 0.25) is 0 Å². The normalized spacial score (nSPS) is 16.5. The summed E-state index contributed by atoms with van der Waals surface area (Å²) in [5, 5.41) is 10.0. The van der Waals surface area contributed by atoms with Gasteiger partial charge in [-0.1, -0.05) is 196 Å². The summed E-state index contributed by atoms with van der Waals surface area (Å²) in [7, 11) is 2.10. The first-order chi connectivity index (χ1) is 30.1. The van der Waals surface area contributed by atoms with Gasteiger partial charge in [-0.2, -0.15) is 0 Å². The van der Waals surface area contributed by atoms with Crippen LogP contribution in [0.1, 0.15) is 73.9 Å². The number of benzene rings is 6. The number of nitrogens with one attached hydrogen (secondary N) is 2. The summed E-state index contributed by atoms with van der Waals surface area (Å²) in [6, 6.07) is 49.2. The second-order valence-electron chi connectivity index (χ2n) is 16.2. The Bertz CT molecular complexity index is 2650. The van der Waals surface area contributed by atoms with Crippen LogP contribution in [0.4, 0.5) is 5.69 Å². The summed E-state index contributed by atoms with van der Waals surface area (Å²) in [6.45, 7) is 22.6. The van der Waals surface area contributed by atoms with Crippen LogP contribution < -0.4 is 10.6 Å². The number of nitrogens with zero attached hydrogens (tertiary/aromatic N) is 1. The van der Waals surface area contributed by atoms with Crippen LogP contribution in [0.5, 0.6) is 0 Å². The second kappa shape index (κ2) is 21.6. The van der Waals surface area contributed by atoms with Gasteiger partial charge in [0.25, 0.3) is 0 Å². The zero-order valence-corrected chi connectivity index (χ0v) is 37.8. The third-order valence-electron chi connectivity index (χ3n) is 11.3. The minimum absolute atomic E-state index is 0.253. The SMILES string of the molecule is C=C1/C=C(NCN(C)C(=C)c2ccc(-c3ccccc3/C=C\C)cc2)\C(c2cc3ccccc3cc2C)=C(/C)C2C=CC(=CC2)Nc2ccccc21.CCC.Cc1ccccc1. The molecular weight excluding hydrogens is 751 g/mol. The van der Waals surface area contributed by atoms with Crippen LogP contribution in [0, 0.1) is 19.8 Å². The first-order valence-corrected chi connectivity index (χ1v) is 22.0. The summed E-state index contributed by atoms with van der Waals surface area (Å²) in [4.78, 5) is 2.19. The van der Waals surface area contributed by atoms with Crippen molar-refractivity contribution in [1.82, 2.24) is 10.2 Å². The molecule has 1 atom stereocenters. The highest BCUT2D eigenvalue weighted by molar-refractivity contribution is 5.94. The molecule has 2 N–H and O–H groups in total. The monoisotopic (exact) mass is 814 g/mol. The van der Waals surface area contributed by atoms with Gasteiger partial charge in [-0.25, -0.2) is 0 Å². The van der Waals surface area contributed by atoms with E-state index in [0.29, 0.717) is 6.67 Å². The van der Waals surface area contributed by atoms with Crippen LogP contribution in [0.25, 0.3) is 44.8 Å². The van der Waals surface area contributed by atoms with Crippen molar-refractivity contribution in [3.63, 3.8) is 0 Å². The molecule has 3 heteroatoms. The van der Waals surface area contributed by atoms with E-state index in [4.69, 9.17) is 0 Å².